The van der Waals surface area contributed by atoms with Gasteiger partial charge in [0.1, 0.15) is 6.10 Å². The lowest BCUT2D eigenvalue weighted by Gasteiger charge is -2.65. The maximum Gasteiger partial charge on any atom is 0.432 e. The van der Waals surface area contributed by atoms with Gasteiger partial charge in [0.2, 0.25) is 0 Å². The summed E-state index contributed by atoms with van der Waals surface area (Å²) in [5, 5.41) is 13.9. The number of methoxy groups -OCH3 is 2. The standard InChI is InChI=1S/C49H60F3NO8/c1-26(40(54)57-9)38(59-41(55)48(58-10,49(50,51)52)28-14-12-11-13-15-28)36-25-45(7)37-17-16-29-22-32-31-23-30-27(20-34-33(30)24-42(2,3)61-43(34,4)5)21-35(31)53-39(32)46(29,8)44(37,6)18-19-47(45,56)60-36/h11-15,21,23-24,26,29,34,36-38,53,56H,16-20,22,25H2,1-10H3/t26-,29-,34-,36-,37+,38+,44-,45-,46+,47-,48-/m0/s1. The predicted molar refractivity (Wildman–Crippen MR) is 222 cm³/mol. The molecule has 0 spiro atoms. The monoisotopic (exact) mass is 847 g/mol. The van der Waals surface area contributed by atoms with Gasteiger partial charge < -0.3 is 33.8 Å². The van der Waals surface area contributed by atoms with E-state index in [1.54, 1.807) is 0 Å². The first-order valence-electron chi connectivity index (χ1n) is 21.9. The molecule has 330 valence electrons. The van der Waals surface area contributed by atoms with Crippen molar-refractivity contribution in [1.29, 1.82) is 0 Å². The molecule has 6 aliphatic rings. The van der Waals surface area contributed by atoms with E-state index in [0.717, 1.165) is 50.4 Å². The summed E-state index contributed by atoms with van der Waals surface area (Å²) in [5.41, 5.74) is 1.58. The van der Waals surface area contributed by atoms with Gasteiger partial charge in [-0.3, -0.25) is 4.79 Å². The number of rotatable bonds is 7. The molecule has 0 amide bonds. The molecule has 2 aliphatic heterocycles. The molecule has 2 saturated carbocycles. The van der Waals surface area contributed by atoms with Crippen molar-refractivity contribution in [2.45, 2.75) is 147 Å². The molecule has 12 heteroatoms. The van der Waals surface area contributed by atoms with E-state index in [9.17, 15) is 14.7 Å². The van der Waals surface area contributed by atoms with Gasteiger partial charge in [-0.2, -0.15) is 13.2 Å². The van der Waals surface area contributed by atoms with Gasteiger partial charge in [-0.05, 0) is 131 Å². The van der Waals surface area contributed by atoms with Gasteiger partial charge in [0, 0.05) is 52.4 Å². The maximum absolute atomic E-state index is 15.1. The minimum absolute atomic E-state index is 0.0904. The normalized spacial score (nSPS) is 36.3. The number of hydrogen-bond acceptors (Lipinski definition) is 8. The van der Waals surface area contributed by atoms with Crippen molar-refractivity contribution in [1.82, 2.24) is 4.98 Å². The number of H-pyrrole nitrogens is 1. The topological polar surface area (TPSA) is 116 Å². The Balaban J connectivity index is 1.07. The lowest BCUT2D eigenvalue weighted by atomic mass is 9.40. The predicted octanol–water partition coefficient (Wildman–Crippen LogP) is 9.26. The molecule has 1 aromatic heterocycles. The number of carbonyl (C=O) groups is 2. The third-order valence-corrected chi connectivity index (χ3v) is 17.1. The number of carbonyl (C=O) groups excluding carboxylic acids is 2. The van der Waals surface area contributed by atoms with E-state index >= 15 is 13.2 Å². The number of nitrogens with one attached hydrogen (secondary N) is 1. The van der Waals surface area contributed by atoms with Crippen molar-refractivity contribution >= 4 is 28.4 Å². The van der Waals surface area contributed by atoms with Crippen LogP contribution in [0, 0.1) is 34.5 Å². The lowest BCUT2D eigenvalue weighted by Crippen LogP contribution is -2.65. The van der Waals surface area contributed by atoms with Crippen LogP contribution in [-0.4, -0.2) is 71.6 Å². The SMILES string of the molecule is COC(=O)[C@@H](C)[C@@H](OC(=O)[C@@](OC)(c1ccccc1)C(F)(F)F)[C@@H]1C[C@@]2(C)[C@@H]3CC[C@H]4Cc5c([nH]c6cc7c(cc56)C5=CC(C)(C)OC(C)(C)[C@H]5C7)[C@]4(C)[C@@]3(C)CC[C@]2(O)O1. The summed E-state index contributed by atoms with van der Waals surface area (Å²) < 4.78 is 74.2. The van der Waals surface area contributed by atoms with E-state index in [4.69, 9.17) is 23.7 Å². The Labute approximate surface area is 356 Å². The van der Waals surface area contributed by atoms with Crippen LogP contribution < -0.4 is 0 Å². The first-order valence-corrected chi connectivity index (χ1v) is 21.9. The summed E-state index contributed by atoms with van der Waals surface area (Å²) >= 11 is 0. The summed E-state index contributed by atoms with van der Waals surface area (Å²) in [4.78, 5) is 31.2. The second kappa shape index (κ2) is 13.4. The number of aromatic amines is 1. The van der Waals surface area contributed by atoms with Crippen molar-refractivity contribution in [3.63, 3.8) is 0 Å². The number of esters is 2. The summed E-state index contributed by atoms with van der Waals surface area (Å²) in [7, 11) is 1.97. The molecular weight excluding hydrogens is 788 g/mol. The van der Waals surface area contributed by atoms with Crippen LogP contribution in [0.2, 0.25) is 0 Å². The Morgan fingerprint density at radius 1 is 0.951 bits per heavy atom. The van der Waals surface area contributed by atoms with Crippen molar-refractivity contribution in [3.05, 3.63) is 76.5 Å². The second-order valence-electron chi connectivity index (χ2n) is 20.8. The third kappa shape index (κ3) is 5.65. The third-order valence-electron chi connectivity index (χ3n) is 17.1. The van der Waals surface area contributed by atoms with Gasteiger partial charge in [0.25, 0.3) is 5.60 Å². The number of alkyl halides is 3. The number of halogens is 3. The Morgan fingerprint density at radius 2 is 1.66 bits per heavy atom. The molecule has 9 rings (SSSR count). The van der Waals surface area contributed by atoms with E-state index in [-0.39, 0.29) is 46.7 Å². The van der Waals surface area contributed by atoms with Gasteiger partial charge >= 0.3 is 18.1 Å². The van der Waals surface area contributed by atoms with Gasteiger partial charge in [0.15, 0.2) is 5.79 Å². The summed E-state index contributed by atoms with van der Waals surface area (Å²) in [6.45, 7) is 16.8. The van der Waals surface area contributed by atoms with Gasteiger partial charge in [-0.1, -0.05) is 51.1 Å². The molecule has 0 unspecified atom stereocenters. The van der Waals surface area contributed by atoms with E-state index in [2.05, 4.69) is 64.7 Å². The van der Waals surface area contributed by atoms with Crippen LogP contribution in [0.5, 0.6) is 0 Å². The van der Waals surface area contributed by atoms with E-state index < -0.39 is 58.6 Å². The number of aromatic nitrogens is 1. The molecule has 2 N–H and O–H groups in total. The lowest BCUT2D eigenvalue weighted by molar-refractivity contribution is -0.305. The molecule has 1 saturated heterocycles. The highest BCUT2D eigenvalue weighted by atomic mass is 19.4. The average molecular weight is 848 g/mol. The molecule has 9 nitrogen and oxygen atoms in total. The number of hydrogen-bond donors (Lipinski definition) is 2. The van der Waals surface area contributed by atoms with Gasteiger partial charge in [0.05, 0.1) is 30.3 Å². The number of fused-ring (bicyclic) bond motifs is 12. The fourth-order valence-corrected chi connectivity index (χ4v) is 14.0. The van der Waals surface area contributed by atoms with E-state index in [1.807, 2.05) is 6.92 Å². The fraction of sp³-hybridized carbons (Fsp3) is 0.633. The minimum Gasteiger partial charge on any atom is -0.469 e. The van der Waals surface area contributed by atoms with Crippen molar-refractivity contribution in [3.8, 4) is 0 Å². The molecule has 4 aliphatic carbocycles. The Bertz CT molecular complexity index is 2340. The van der Waals surface area contributed by atoms with Crippen LogP contribution in [0.3, 0.4) is 0 Å². The van der Waals surface area contributed by atoms with Crippen LogP contribution in [0.25, 0.3) is 16.5 Å². The first kappa shape index (κ1) is 42.6. The Morgan fingerprint density at radius 3 is 2.31 bits per heavy atom. The summed E-state index contributed by atoms with van der Waals surface area (Å²) in [6, 6.07) is 11.3. The quantitative estimate of drug-likeness (QED) is 0.226. The number of aliphatic hydroxyl groups is 1. The molecular formula is C49H60F3NO8. The highest BCUT2D eigenvalue weighted by Crippen LogP contribution is 2.74. The Kier molecular flexibility index (Phi) is 9.36. The highest BCUT2D eigenvalue weighted by molar-refractivity contribution is 5.93. The van der Waals surface area contributed by atoms with Crippen LogP contribution in [0.1, 0.15) is 115 Å². The molecule has 3 heterocycles. The molecule has 3 fully saturated rings. The average Bonchev–Trinajstić information content (AvgIpc) is 3.89. The zero-order valence-electron chi connectivity index (χ0n) is 37.0. The maximum atomic E-state index is 15.1. The second-order valence-corrected chi connectivity index (χ2v) is 20.8. The molecule has 61 heavy (non-hydrogen) atoms. The van der Waals surface area contributed by atoms with Gasteiger partial charge in [-0.15, -0.1) is 0 Å². The molecule has 0 bridgehead atoms. The largest absolute Gasteiger partial charge is 0.469 e. The van der Waals surface area contributed by atoms with Crippen molar-refractivity contribution < 1.29 is 51.6 Å². The minimum atomic E-state index is -5.23. The zero-order valence-corrected chi connectivity index (χ0v) is 37.0. The Hall–Kier alpha value is -3.71. The van der Waals surface area contributed by atoms with Crippen molar-refractivity contribution in [2.75, 3.05) is 14.2 Å². The first-order chi connectivity index (χ1) is 28.4. The highest BCUT2D eigenvalue weighted by Gasteiger charge is 2.74. The molecule has 3 aromatic rings. The molecule has 2 aromatic carbocycles. The van der Waals surface area contributed by atoms with E-state index in [1.165, 1.54) is 65.6 Å². The van der Waals surface area contributed by atoms with Gasteiger partial charge in [-0.25, -0.2) is 4.79 Å². The van der Waals surface area contributed by atoms with Crippen LogP contribution in [0.4, 0.5) is 13.2 Å². The van der Waals surface area contributed by atoms with Crippen LogP contribution in [-0.2, 0) is 57.1 Å². The number of benzene rings is 2. The smallest absolute Gasteiger partial charge is 0.432 e. The summed E-state index contributed by atoms with van der Waals surface area (Å²) in [6.07, 6.45) is -1.01. The van der Waals surface area contributed by atoms with Crippen LogP contribution >= 0.6 is 0 Å². The van der Waals surface area contributed by atoms with Crippen molar-refractivity contribution in [2.24, 2.45) is 34.5 Å². The fourth-order valence-electron chi connectivity index (χ4n) is 14.0. The molecule has 0 radical (unpaired) electrons. The van der Waals surface area contributed by atoms with Crippen LogP contribution in [0.15, 0.2) is 48.5 Å². The van der Waals surface area contributed by atoms with E-state index in [0.29, 0.717) is 12.3 Å². The molecule has 11 atom stereocenters. The summed E-state index contributed by atoms with van der Waals surface area (Å²) in [5.74, 6) is -4.92. The zero-order chi connectivity index (χ0) is 44.1. The number of ether oxygens (including phenoxy) is 5.